The first-order valence-electron chi connectivity index (χ1n) is 10.9. The zero-order valence-corrected chi connectivity index (χ0v) is 19.3. The highest BCUT2D eigenvalue weighted by atomic mass is 19.1. The Kier molecular flexibility index (Phi) is 13.3. The number of carbonyl (C=O) groups is 2. The number of aliphatic hydroxyl groups excluding tert-OH is 1. The van der Waals surface area contributed by atoms with E-state index in [1.165, 1.54) is 37.6 Å². The van der Waals surface area contributed by atoms with Gasteiger partial charge >= 0.3 is 0 Å². The molecule has 6 heteroatoms. The molecule has 176 valence electrons. The van der Waals surface area contributed by atoms with Gasteiger partial charge in [-0.2, -0.15) is 0 Å². The fraction of sp³-hybridized carbons (Fsp3) is 0.462. The Morgan fingerprint density at radius 2 is 1.50 bits per heavy atom. The Morgan fingerprint density at radius 1 is 0.938 bits per heavy atom. The number of halogens is 1. The summed E-state index contributed by atoms with van der Waals surface area (Å²) >= 11 is 0. The lowest BCUT2D eigenvalue weighted by atomic mass is 9.82. The highest BCUT2D eigenvalue weighted by Gasteiger charge is 2.37. The zero-order chi connectivity index (χ0) is 23.9. The zero-order valence-electron chi connectivity index (χ0n) is 19.3. The van der Waals surface area contributed by atoms with Crippen LogP contribution in [0.2, 0.25) is 0 Å². The van der Waals surface area contributed by atoms with Crippen LogP contribution in [-0.4, -0.2) is 67.8 Å². The van der Waals surface area contributed by atoms with E-state index in [0.717, 1.165) is 19.6 Å². The highest BCUT2D eigenvalue weighted by Crippen LogP contribution is 2.32. The van der Waals surface area contributed by atoms with Crippen LogP contribution in [0.25, 0.3) is 0 Å². The first-order chi connectivity index (χ1) is 15.5. The van der Waals surface area contributed by atoms with Gasteiger partial charge in [0.15, 0.2) is 0 Å². The predicted octanol–water partition coefficient (Wildman–Crippen LogP) is 3.59. The summed E-state index contributed by atoms with van der Waals surface area (Å²) < 4.78 is 12.3. The highest BCUT2D eigenvalue weighted by molar-refractivity contribution is 5.15. The summed E-state index contributed by atoms with van der Waals surface area (Å²) in [6.07, 6.45) is 2.36. The largest absolute Gasteiger partial charge is 0.391 e. The molecule has 2 atom stereocenters. The fourth-order valence-corrected chi connectivity index (χ4v) is 4.34. The normalized spacial score (nSPS) is 21.2. The van der Waals surface area contributed by atoms with Crippen LogP contribution in [0.4, 0.5) is 4.39 Å². The van der Waals surface area contributed by atoms with Crippen molar-refractivity contribution in [1.82, 2.24) is 9.80 Å². The van der Waals surface area contributed by atoms with E-state index < -0.39 is 0 Å². The van der Waals surface area contributed by atoms with Crippen LogP contribution >= 0.6 is 0 Å². The number of β-amino-alcohol motifs (C(OH)–C–C–N with tert-alkyl or cyclic N) is 1. The SMILES string of the molecule is C=O.C=O.CN1CCC([C@@H]2CN(Cc3ccccc3)CC2O)CC1.Cc1ccccc1F. The maximum Gasteiger partial charge on any atom is 0.126 e. The van der Waals surface area contributed by atoms with Crippen LogP contribution in [0.15, 0.2) is 54.6 Å². The molecule has 5 nitrogen and oxygen atoms in total. The summed E-state index contributed by atoms with van der Waals surface area (Å²) in [5.41, 5.74) is 2.05. The Morgan fingerprint density at radius 3 is 2.03 bits per heavy atom. The third-order valence-corrected chi connectivity index (χ3v) is 6.10. The van der Waals surface area contributed by atoms with Gasteiger partial charge < -0.3 is 19.6 Å². The van der Waals surface area contributed by atoms with Crippen LogP contribution in [0.1, 0.15) is 24.0 Å². The van der Waals surface area contributed by atoms with Gasteiger partial charge in [0.1, 0.15) is 19.4 Å². The number of aliphatic hydroxyl groups is 1. The van der Waals surface area contributed by atoms with Gasteiger partial charge in [0.05, 0.1) is 6.10 Å². The minimum atomic E-state index is -0.132. The molecule has 0 amide bonds. The molecule has 2 aromatic rings. The van der Waals surface area contributed by atoms with Crippen molar-refractivity contribution in [3.8, 4) is 0 Å². The number of benzene rings is 2. The minimum Gasteiger partial charge on any atom is -0.391 e. The molecule has 2 aliphatic heterocycles. The number of hydrogen-bond donors (Lipinski definition) is 1. The number of piperidine rings is 1. The lowest BCUT2D eigenvalue weighted by Gasteiger charge is -2.33. The van der Waals surface area contributed by atoms with E-state index in [4.69, 9.17) is 9.59 Å². The fourth-order valence-electron chi connectivity index (χ4n) is 4.34. The maximum absolute atomic E-state index is 12.3. The summed E-state index contributed by atoms with van der Waals surface area (Å²) in [7, 11) is 2.20. The van der Waals surface area contributed by atoms with Gasteiger partial charge in [-0.1, -0.05) is 48.5 Å². The van der Waals surface area contributed by atoms with E-state index in [2.05, 4.69) is 47.2 Å². The third-order valence-electron chi connectivity index (χ3n) is 6.10. The summed E-state index contributed by atoms with van der Waals surface area (Å²) in [5, 5.41) is 10.4. The van der Waals surface area contributed by atoms with Crippen LogP contribution < -0.4 is 0 Å². The van der Waals surface area contributed by atoms with E-state index in [1.54, 1.807) is 19.1 Å². The van der Waals surface area contributed by atoms with Crippen molar-refractivity contribution in [2.24, 2.45) is 11.8 Å². The van der Waals surface area contributed by atoms with Gasteiger partial charge in [-0.3, -0.25) is 4.90 Å². The number of hydrogen-bond acceptors (Lipinski definition) is 5. The van der Waals surface area contributed by atoms with Crippen molar-refractivity contribution in [2.75, 3.05) is 33.2 Å². The second kappa shape index (κ2) is 15.4. The Hall–Kier alpha value is -2.41. The molecule has 2 aromatic carbocycles. The Balaban J connectivity index is 0.000000357. The topological polar surface area (TPSA) is 60.9 Å². The lowest BCUT2D eigenvalue weighted by Crippen LogP contribution is -2.37. The van der Waals surface area contributed by atoms with Crippen molar-refractivity contribution in [3.63, 3.8) is 0 Å². The van der Waals surface area contributed by atoms with Crippen LogP contribution in [0.3, 0.4) is 0 Å². The molecule has 0 saturated carbocycles. The molecule has 2 saturated heterocycles. The maximum atomic E-state index is 12.3. The average molecular weight is 445 g/mol. The Labute approximate surface area is 191 Å². The van der Waals surface area contributed by atoms with Crippen molar-refractivity contribution in [1.29, 1.82) is 0 Å². The molecule has 1 unspecified atom stereocenters. The van der Waals surface area contributed by atoms with Crippen molar-refractivity contribution < 1.29 is 19.1 Å². The molecule has 4 rings (SSSR count). The second-order valence-electron chi connectivity index (χ2n) is 8.30. The molecule has 2 heterocycles. The van der Waals surface area contributed by atoms with Gasteiger partial charge in [0.25, 0.3) is 0 Å². The molecular formula is C26H37FN2O3. The second-order valence-corrected chi connectivity index (χ2v) is 8.30. The number of carbonyl (C=O) groups excluding carboxylic acids is 2. The van der Waals surface area contributed by atoms with Crippen molar-refractivity contribution in [3.05, 3.63) is 71.5 Å². The molecular weight excluding hydrogens is 407 g/mol. The summed E-state index contributed by atoms with van der Waals surface area (Å²) in [6, 6.07) is 17.3. The molecule has 0 radical (unpaired) electrons. The van der Waals surface area contributed by atoms with E-state index in [-0.39, 0.29) is 11.9 Å². The minimum absolute atomic E-state index is 0.132. The van der Waals surface area contributed by atoms with E-state index in [9.17, 15) is 9.50 Å². The van der Waals surface area contributed by atoms with Gasteiger partial charge in [-0.25, -0.2) is 4.39 Å². The molecule has 2 aliphatic rings. The molecule has 0 aromatic heterocycles. The predicted molar refractivity (Wildman–Crippen MR) is 127 cm³/mol. The van der Waals surface area contributed by atoms with E-state index >= 15 is 0 Å². The molecule has 1 N–H and O–H groups in total. The number of nitrogens with zero attached hydrogens (tertiary/aromatic N) is 2. The standard InChI is InChI=1S/C17H26N2O.C7H7F.2CH2O/c1-18-9-7-15(8-10-18)16-12-19(13-17(16)20)11-14-5-3-2-4-6-14;1-6-4-2-3-5-7(6)8;2*1-2/h2-6,15-17,20H,7-13H2,1H3;2-5H,1H3;2*1H2/t16-,17?;;;/m0.../s1. The average Bonchev–Trinajstić information content (AvgIpc) is 3.20. The third kappa shape index (κ3) is 8.99. The molecule has 2 fully saturated rings. The smallest absolute Gasteiger partial charge is 0.126 e. The summed E-state index contributed by atoms with van der Waals surface area (Å²) in [4.78, 5) is 20.8. The molecule has 32 heavy (non-hydrogen) atoms. The number of likely N-dealkylation sites (tertiary alicyclic amines) is 2. The van der Waals surface area contributed by atoms with Crippen LogP contribution in [0, 0.1) is 24.6 Å². The quantitative estimate of drug-likeness (QED) is 0.784. The van der Waals surface area contributed by atoms with Gasteiger partial charge in [0, 0.05) is 25.6 Å². The number of aryl methyl sites for hydroxylation is 1. The van der Waals surface area contributed by atoms with Crippen molar-refractivity contribution >= 4 is 13.6 Å². The van der Waals surface area contributed by atoms with Crippen molar-refractivity contribution in [2.45, 2.75) is 32.4 Å². The van der Waals surface area contributed by atoms with Crippen LogP contribution in [0.5, 0.6) is 0 Å². The lowest BCUT2D eigenvalue weighted by molar-refractivity contribution is -0.0987. The first-order valence-corrected chi connectivity index (χ1v) is 10.9. The monoisotopic (exact) mass is 444 g/mol. The molecule has 0 spiro atoms. The molecule has 0 aliphatic carbocycles. The van der Waals surface area contributed by atoms with E-state index in [0.29, 0.717) is 17.4 Å². The Bertz CT molecular complexity index is 731. The van der Waals surface area contributed by atoms with Gasteiger partial charge in [0.2, 0.25) is 0 Å². The summed E-state index contributed by atoms with van der Waals surface area (Å²) in [5.74, 6) is 1.06. The van der Waals surface area contributed by atoms with Gasteiger partial charge in [-0.15, -0.1) is 0 Å². The first kappa shape index (κ1) is 27.6. The number of rotatable bonds is 3. The van der Waals surface area contributed by atoms with E-state index in [1.807, 2.05) is 19.6 Å². The van der Waals surface area contributed by atoms with Gasteiger partial charge in [-0.05, 0) is 63.0 Å². The van der Waals surface area contributed by atoms with Crippen LogP contribution in [-0.2, 0) is 16.1 Å². The summed E-state index contributed by atoms with van der Waals surface area (Å²) in [6.45, 7) is 11.0. The molecule has 0 bridgehead atoms.